The standard InChI is InChI=1S/C32H38N4O4S/c1-3-21-41(39,40)35(2)29-16-10-15-27(23-29)32(38)33-30(22-26-13-8-5-9-14-26)31(37)24-36-20-19-28(34-36)18-17-25-11-6-4-7-12-25/h4-16,19-20,23,30-31,37H,3,17-18,21-22,24H2,1-2H3,(H,33,38)/t30-,31-/m0/s1. The number of amides is 1. The molecular weight excluding hydrogens is 536 g/mol. The largest absolute Gasteiger partial charge is 0.389 e. The molecule has 0 saturated heterocycles. The van der Waals surface area contributed by atoms with Gasteiger partial charge in [-0.15, -0.1) is 0 Å². The molecule has 0 saturated carbocycles. The number of hydrogen-bond acceptors (Lipinski definition) is 5. The zero-order valence-electron chi connectivity index (χ0n) is 23.6. The van der Waals surface area contributed by atoms with Gasteiger partial charge in [0.05, 0.1) is 35.8 Å². The van der Waals surface area contributed by atoms with Crippen LogP contribution in [0.2, 0.25) is 0 Å². The Balaban J connectivity index is 1.47. The van der Waals surface area contributed by atoms with Crippen LogP contribution < -0.4 is 9.62 Å². The molecule has 41 heavy (non-hydrogen) atoms. The number of aryl methyl sites for hydroxylation is 2. The number of carbonyl (C=O) groups excluding carboxylic acids is 1. The van der Waals surface area contributed by atoms with E-state index in [1.54, 1.807) is 28.9 Å². The fourth-order valence-corrected chi connectivity index (χ4v) is 5.90. The van der Waals surface area contributed by atoms with Crippen molar-refractivity contribution in [3.63, 3.8) is 0 Å². The molecule has 0 unspecified atom stereocenters. The third-order valence-electron chi connectivity index (χ3n) is 7.01. The van der Waals surface area contributed by atoms with Crippen LogP contribution in [-0.4, -0.2) is 54.2 Å². The normalized spacial score (nSPS) is 13.0. The average Bonchev–Trinajstić information content (AvgIpc) is 3.43. The van der Waals surface area contributed by atoms with Gasteiger partial charge in [-0.2, -0.15) is 5.10 Å². The Morgan fingerprint density at radius 1 is 0.951 bits per heavy atom. The molecule has 2 N–H and O–H groups in total. The maximum Gasteiger partial charge on any atom is 0.251 e. The van der Waals surface area contributed by atoms with Crippen molar-refractivity contribution in [3.05, 3.63) is 120 Å². The highest BCUT2D eigenvalue weighted by molar-refractivity contribution is 7.92. The van der Waals surface area contributed by atoms with E-state index in [1.165, 1.54) is 16.9 Å². The molecule has 0 radical (unpaired) electrons. The summed E-state index contributed by atoms with van der Waals surface area (Å²) in [6.07, 6.45) is 3.51. The lowest BCUT2D eigenvalue weighted by atomic mass is 10.0. The molecule has 2 atom stereocenters. The summed E-state index contributed by atoms with van der Waals surface area (Å²) in [7, 11) is -2.00. The van der Waals surface area contributed by atoms with Crippen LogP contribution in [0.5, 0.6) is 0 Å². The van der Waals surface area contributed by atoms with Crippen LogP contribution in [0.25, 0.3) is 0 Å². The summed E-state index contributed by atoms with van der Waals surface area (Å²) in [4.78, 5) is 13.4. The molecule has 0 aliphatic carbocycles. The van der Waals surface area contributed by atoms with Crippen molar-refractivity contribution < 1.29 is 18.3 Å². The van der Waals surface area contributed by atoms with Gasteiger partial charge in [0.2, 0.25) is 10.0 Å². The van der Waals surface area contributed by atoms with E-state index in [9.17, 15) is 18.3 Å². The molecule has 1 heterocycles. The number of nitrogens with zero attached hydrogens (tertiary/aromatic N) is 3. The van der Waals surface area contributed by atoms with Gasteiger partial charge in [0, 0.05) is 18.8 Å². The molecule has 4 rings (SSSR count). The van der Waals surface area contributed by atoms with Crippen LogP contribution in [-0.2, 0) is 35.8 Å². The van der Waals surface area contributed by atoms with Crippen LogP contribution in [0.4, 0.5) is 5.69 Å². The fraction of sp³-hybridized carbons (Fsp3) is 0.312. The number of aliphatic hydroxyl groups excluding tert-OH is 1. The van der Waals surface area contributed by atoms with Gasteiger partial charge in [0.25, 0.3) is 5.91 Å². The van der Waals surface area contributed by atoms with E-state index in [0.29, 0.717) is 24.1 Å². The number of hydrogen-bond donors (Lipinski definition) is 2. The molecule has 1 aromatic heterocycles. The molecule has 0 bridgehead atoms. The molecule has 0 fully saturated rings. The van der Waals surface area contributed by atoms with Crippen molar-refractivity contribution in [2.45, 2.75) is 51.3 Å². The molecule has 4 aromatic rings. The third-order valence-corrected chi connectivity index (χ3v) is 8.98. The second kappa shape index (κ2) is 14.1. The molecule has 0 aliphatic heterocycles. The maximum absolute atomic E-state index is 13.4. The first-order valence-electron chi connectivity index (χ1n) is 13.9. The van der Waals surface area contributed by atoms with Gasteiger partial charge >= 0.3 is 0 Å². The highest BCUT2D eigenvalue weighted by Crippen LogP contribution is 2.19. The topological polar surface area (TPSA) is 105 Å². The zero-order chi connectivity index (χ0) is 29.2. The molecule has 0 spiro atoms. The number of rotatable bonds is 14. The van der Waals surface area contributed by atoms with Crippen molar-refractivity contribution in [2.24, 2.45) is 0 Å². The summed E-state index contributed by atoms with van der Waals surface area (Å²) in [5.74, 6) is -0.371. The number of sulfonamides is 1. The monoisotopic (exact) mass is 574 g/mol. The lowest BCUT2D eigenvalue weighted by Crippen LogP contribution is -2.46. The smallest absolute Gasteiger partial charge is 0.251 e. The van der Waals surface area contributed by atoms with Gasteiger partial charge < -0.3 is 10.4 Å². The number of benzene rings is 3. The Labute approximate surface area is 242 Å². The lowest BCUT2D eigenvalue weighted by molar-refractivity contribution is 0.0780. The molecule has 8 nitrogen and oxygen atoms in total. The van der Waals surface area contributed by atoms with Gasteiger partial charge in [-0.25, -0.2) is 8.42 Å². The molecule has 9 heteroatoms. The highest BCUT2D eigenvalue weighted by Gasteiger charge is 2.24. The minimum absolute atomic E-state index is 0.0205. The van der Waals surface area contributed by atoms with E-state index in [4.69, 9.17) is 0 Å². The average molecular weight is 575 g/mol. The summed E-state index contributed by atoms with van der Waals surface area (Å²) < 4.78 is 28.0. The first-order valence-corrected chi connectivity index (χ1v) is 15.5. The number of carbonyl (C=O) groups is 1. The van der Waals surface area contributed by atoms with Crippen molar-refractivity contribution in [1.82, 2.24) is 15.1 Å². The van der Waals surface area contributed by atoms with Crippen LogP contribution in [0.15, 0.2) is 97.2 Å². The van der Waals surface area contributed by atoms with Crippen LogP contribution >= 0.6 is 0 Å². The van der Waals surface area contributed by atoms with Gasteiger partial charge in [-0.3, -0.25) is 13.8 Å². The first-order chi connectivity index (χ1) is 19.7. The second-order valence-electron chi connectivity index (χ2n) is 10.2. The zero-order valence-corrected chi connectivity index (χ0v) is 24.4. The van der Waals surface area contributed by atoms with Gasteiger partial charge in [-0.05, 0) is 61.1 Å². The molecule has 1 amide bonds. The summed E-state index contributed by atoms with van der Waals surface area (Å²) in [5, 5.41) is 18.9. The van der Waals surface area contributed by atoms with Crippen molar-refractivity contribution in [2.75, 3.05) is 17.1 Å². The van der Waals surface area contributed by atoms with Crippen LogP contribution in [0.1, 0.15) is 40.5 Å². The number of aromatic nitrogens is 2. The first kappa shape index (κ1) is 30.0. The quantitative estimate of drug-likeness (QED) is 0.234. The van der Waals surface area contributed by atoms with E-state index >= 15 is 0 Å². The summed E-state index contributed by atoms with van der Waals surface area (Å²) in [6, 6.07) is 27.8. The Hall–Kier alpha value is -3.95. The molecular formula is C32H38N4O4S. The van der Waals surface area contributed by atoms with E-state index in [-0.39, 0.29) is 12.3 Å². The number of anilines is 1. The predicted octanol–water partition coefficient (Wildman–Crippen LogP) is 4.25. The molecule has 216 valence electrons. The molecule has 3 aromatic carbocycles. The third kappa shape index (κ3) is 8.52. The summed E-state index contributed by atoms with van der Waals surface area (Å²) in [5.41, 5.74) is 3.87. The Bertz CT molecular complexity index is 1510. The van der Waals surface area contributed by atoms with Crippen molar-refractivity contribution in [3.8, 4) is 0 Å². The van der Waals surface area contributed by atoms with Crippen LogP contribution in [0, 0.1) is 0 Å². The van der Waals surface area contributed by atoms with E-state index in [1.807, 2.05) is 67.7 Å². The Morgan fingerprint density at radius 2 is 1.63 bits per heavy atom. The van der Waals surface area contributed by atoms with E-state index in [2.05, 4.69) is 22.5 Å². The predicted molar refractivity (Wildman–Crippen MR) is 162 cm³/mol. The second-order valence-corrected chi connectivity index (χ2v) is 12.3. The van der Waals surface area contributed by atoms with Crippen molar-refractivity contribution in [1.29, 1.82) is 0 Å². The van der Waals surface area contributed by atoms with E-state index in [0.717, 1.165) is 24.1 Å². The fourth-order valence-electron chi connectivity index (χ4n) is 4.68. The Kier molecular flexibility index (Phi) is 10.3. The SMILES string of the molecule is CCCS(=O)(=O)N(C)c1cccc(C(=O)N[C@@H](Cc2ccccc2)[C@@H](O)Cn2ccc(CCc3ccccc3)n2)c1. The Morgan fingerprint density at radius 3 is 2.32 bits per heavy atom. The number of aliphatic hydroxyl groups is 1. The van der Waals surface area contributed by atoms with Crippen LogP contribution in [0.3, 0.4) is 0 Å². The minimum atomic E-state index is -3.48. The maximum atomic E-state index is 13.4. The van der Waals surface area contributed by atoms with Gasteiger partial charge in [0.15, 0.2) is 0 Å². The highest BCUT2D eigenvalue weighted by atomic mass is 32.2. The van der Waals surface area contributed by atoms with Gasteiger partial charge in [0.1, 0.15) is 0 Å². The molecule has 0 aliphatic rings. The lowest BCUT2D eigenvalue weighted by Gasteiger charge is -2.25. The summed E-state index contributed by atoms with van der Waals surface area (Å²) in [6.45, 7) is 2.02. The summed E-state index contributed by atoms with van der Waals surface area (Å²) >= 11 is 0. The van der Waals surface area contributed by atoms with Crippen molar-refractivity contribution >= 4 is 21.6 Å². The van der Waals surface area contributed by atoms with Gasteiger partial charge in [-0.1, -0.05) is 73.7 Å². The minimum Gasteiger partial charge on any atom is -0.389 e. The van der Waals surface area contributed by atoms with E-state index < -0.39 is 28.1 Å². The number of nitrogens with one attached hydrogen (secondary N) is 1.